The number of rotatable bonds is 2. The number of nitrogens with zero attached hydrogens (tertiary/aromatic N) is 2. The second-order valence-corrected chi connectivity index (χ2v) is 10.1. The Hall–Kier alpha value is -3.23. The van der Waals surface area contributed by atoms with Crippen LogP contribution in [-0.4, -0.2) is 11.4 Å². The first-order chi connectivity index (χ1) is 16.2. The summed E-state index contributed by atoms with van der Waals surface area (Å²) in [5, 5.41) is 3.07. The largest absolute Gasteiger partial charge is 0.246 e. The molecule has 0 atom stereocenters. The van der Waals surface area contributed by atoms with E-state index in [0.717, 1.165) is 49.9 Å². The van der Waals surface area contributed by atoms with Crippen LogP contribution in [0.15, 0.2) is 58.5 Å². The molecule has 0 heterocycles. The predicted octanol–water partition coefficient (Wildman–Crippen LogP) is 8.91. The number of halogens is 1. The first-order valence-corrected chi connectivity index (χ1v) is 12.1. The molecule has 0 saturated heterocycles. The second kappa shape index (κ2) is 8.21. The molecule has 0 amide bonds. The number of benzene rings is 4. The molecule has 0 unspecified atom stereocenters. The smallest absolute Gasteiger partial charge is 0.0982 e. The minimum atomic E-state index is 0.758. The summed E-state index contributed by atoms with van der Waals surface area (Å²) < 4.78 is 0. The molecular weight excluding hydrogens is 436 g/mol. The molecule has 0 spiro atoms. The van der Waals surface area contributed by atoms with Crippen molar-refractivity contribution in [3.63, 3.8) is 0 Å². The number of aryl methyl sites for hydroxylation is 6. The highest BCUT2D eigenvalue weighted by atomic mass is 35.5. The minimum Gasteiger partial charge on any atom is -0.246 e. The van der Waals surface area contributed by atoms with Crippen molar-refractivity contribution in [1.29, 1.82) is 0 Å². The molecule has 0 aromatic heterocycles. The van der Waals surface area contributed by atoms with Crippen LogP contribution in [0.5, 0.6) is 0 Å². The third kappa shape index (κ3) is 3.58. The van der Waals surface area contributed by atoms with E-state index in [4.69, 9.17) is 21.6 Å². The van der Waals surface area contributed by atoms with Gasteiger partial charge in [-0.1, -0.05) is 65.2 Å². The van der Waals surface area contributed by atoms with Crippen LogP contribution in [-0.2, 0) is 0 Å². The highest BCUT2D eigenvalue weighted by molar-refractivity contribution is 6.62. The Kier molecular flexibility index (Phi) is 5.45. The zero-order valence-electron chi connectivity index (χ0n) is 20.9. The summed E-state index contributed by atoms with van der Waals surface area (Å²) in [7, 11) is 0. The highest BCUT2D eigenvalue weighted by Gasteiger charge is 2.30. The van der Waals surface area contributed by atoms with Gasteiger partial charge in [0, 0.05) is 21.5 Å². The lowest BCUT2D eigenvalue weighted by molar-refractivity contribution is 1.28. The van der Waals surface area contributed by atoms with E-state index in [1.807, 2.05) is 0 Å². The molecule has 1 aliphatic rings. The second-order valence-electron chi connectivity index (χ2n) is 9.68. The standard InChI is InChI=1S/C31H29ClN2/c1-16-11-18(3)28(19(4)12-16)33-30-24-10-8-9-23-15-25(32)22(7)26(27(23)24)31(30)34-29-20(5)13-17(2)14-21(29)6/h8-15H,1-7H3. The van der Waals surface area contributed by atoms with Crippen molar-refractivity contribution < 1.29 is 0 Å². The Morgan fingerprint density at radius 3 is 1.65 bits per heavy atom. The van der Waals surface area contributed by atoms with Crippen molar-refractivity contribution in [3.05, 3.63) is 104 Å². The summed E-state index contributed by atoms with van der Waals surface area (Å²) >= 11 is 6.73. The van der Waals surface area contributed by atoms with Crippen molar-refractivity contribution in [1.82, 2.24) is 0 Å². The van der Waals surface area contributed by atoms with E-state index in [-0.39, 0.29) is 0 Å². The van der Waals surface area contributed by atoms with Crippen LogP contribution in [0.3, 0.4) is 0 Å². The normalized spacial score (nSPS) is 15.2. The topological polar surface area (TPSA) is 24.7 Å². The molecule has 0 bridgehead atoms. The van der Waals surface area contributed by atoms with E-state index < -0.39 is 0 Å². The fraction of sp³-hybridized carbons (Fsp3) is 0.226. The number of hydrogen-bond donors (Lipinski definition) is 0. The fourth-order valence-corrected chi connectivity index (χ4v) is 5.62. The van der Waals surface area contributed by atoms with Crippen molar-refractivity contribution in [2.45, 2.75) is 48.5 Å². The zero-order chi connectivity index (χ0) is 24.3. The maximum atomic E-state index is 6.73. The van der Waals surface area contributed by atoms with Crippen molar-refractivity contribution in [3.8, 4) is 0 Å². The highest BCUT2D eigenvalue weighted by Crippen LogP contribution is 2.40. The summed E-state index contributed by atoms with van der Waals surface area (Å²) in [6, 6.07) is 17.2. The van der Waals surface area contributed by atoms with Gasteiger partial charge in [-0.05, 0) is 87.7 Å². The van der Waals surface area contributed by atoms with Gasteiger partial charge in [0.2, 0.25) is 0 Å². The summed E-state index contributed by atoms with van der Waals surface area (Å²) in [4.78, 5) is 10.6. The van der Waals surface area contributed by atoms with E-state index in [1.54, 1.807) is 0 Å². The van der Waals surface area contributed by atoms with Crippen LogP contribution < -0.4 is 0 Å². The van der Waals surface area contributed by atoms with Gasteiger partial charge < -0.3 is 0 Å². The van der Waals surface area contributed by atoms with Gasteiger partial charge in [0.1, 0.15) is 0 Å². The fourth-order valence-electron chi connectivity index (χ4n) is 5.40. The van der Waals surface area contributed by atoms with Crippen LogP contribution in [0.25, 0.3) is 10.8 Å². The molecule has 1 aliphatic carbocycles. The first kappa shape index (κ1) is 22.6. The number of aliphatic imine (C=N–C) groups is 2. The van der Waals surface area contributed by atoms with Gasteiger partial charge in [-0.15, -0.1) is 0 Å². The Morgan fingerprint density at radius 2 is 1.12 bits per heavy atom. The Morgan fingerprint density at radius 1 is 0.618 bits per heavy atom. The Labute approximate surface area is 207 Å². The van der Waals surface area contributed by atoms with E-state index in [9.17, 15) is 0 Å². The molecular formula is C31H29ClN2. The average Bonchev–Trinajstić information content (AvgIpc) is 3.06. The third-order valence-electron chi connectivity index (χ3n) is 6.80. The van der Waals surface area contributed by atoms with Gasteiger partial charge in [0.05, 0.1) is 22.8 Å². The molecule has 0 saturated carbocycles. The van der Waals surface area contributed by atoms with E-state index in [2.05, 4.69) is 97.0 Å². The minimum absolute atomic E-state index is 0.758. The molecule has 3 heteroatoms. The van der Waals surface area contributed by atoms with Crippen LogP contribution in [0, 0.1) is 48.5 Å². The van der Waals surface area contributed by atoms with Crippen LogP contribution in [0.2, 0.25) is 5.02 Å². The van der Waals surface area contributed by atoms with Gasteiger partial charge in [-0.2, -0.15) is 0 Å². The van der Waals surface area contributed by atoms with Gasteiger partial charge in [-0.25, -0.2) is 9.98 Å². The Bertz CT molecular complexity index is 1520. The average molecular weight is 465 g/mol. The number of hydrogen-bond acceptors (Lipinski definition) is 2. The molecule has 5 rings (SSSR count). The van der Waals surface area contributed by atoms with Crippen LogP contribution in [0.4, 0.5) is 11.4 Å². The van der Waals surface area contributed by atoms with Crippen LogP contribution in [0.1, 0.15) is 50.1 Å². The lowest BCUT2D eigenvalue weighted by Crippen LogP contribution is -2.12. The molecule has 0 N–H and O–H groups in total. The molecule has 34 heavy (non-hydrogen) atoms. The molecule has 4 aromatic rings. The van der Waals surface area contributed by atoms with E-state index in [1.165, 1.54) is 38.8 Å². The summed E-state index contributed by atoms with van der Waals surface area (Å²) in [6.07, 6.45) is 0. The molecule has 0 radical (unpaired) electrons. The SMILES string of the molecule is Cc1cc(C)c(N=C2C(=Nc3c(C)cc(C)cc3C)c3c(C)c(Cl)cc4cccc2c34)c(C)c1. The van der Waals surface area contributed by atoms with Gasteiger partial charge >= 0.3 is 0 Å². The first-order valence-electron chi connectivity index (χ1n) is 11.7. The molecule has 2 nitrogen and oxygen atoms in total. The molecule has 0 aliphatic heterocycles. The van der Waals surface area contributed by atoms with E-state index >= 15 is 0 Å². The quantitative estimate of drug-likeness (QED) is 0.283. The Balaban J connectivity index is 1.89. The molecule has 170 valence electrons. The van der Waals surface area contributed by atoms with Gasteiger partial charge in [0.15, 0.2) is 0 Å². The van der Waals surface area contributed by atoms with Crippen LogP contribution >= 0.6 is 11.6 Å². The van der Waals surface area contributed by atoms with Gasteiger partial charge in [0.25, 0.3) is 0 Å². The third-order valence-corrected chi connectivity index (χ3v) is 7.19. The predicted molar refractivity (Wildman–Crippen MR) is 147 cm³/mol. The van der Waals surface area contributed by atoms with Crippen molar-refractivity contribution in [2.75, 3.05) is 0 Å². The summed E-state index contributed by atoms with van der Waals surface area (Å²) in [5.74, 6) is 0. The maximum absolute atomic E-state index is 6.73. The molecule has 4 aromatic carbocycles. The van der Waals surface area contributed by atoms with Crippen molar-refractivity contribution in [2.24, 2.45) is 9.98 Å². The monoisotopic (exact) mass is 464 g/mol. The lowest BCUT2D eigenvalue weighted by Gasteiger charge is -2.12. The summed E-state index contributed by atoms with van der Waals surface area (Å²) in [5.41, 5.74) is 14.3. The summed E-state index contributed by atoms with van der Waals surface area (Å²) in [6.45, 7) is 14.9. The molecule has 0 fully saturated rings. The lowest BCUT2D eigenvalue weighted by atomic mass is 10.00. The zero-order valence-corrected chi connectivity index (χ0v) is 21.6. The van der Waals surface area contributed by atoms with E-state index in [0.29, 0.717) is 0 Å². The van der Waals surface area contributed by atoms with Crippen molar-refractivity contribution >= 4 is 45.2 Å². The van der Waals surface area contributed by atoms with Gasteiger partial charge in [-0.3, -0.25) is 0 Å². The maximum Gasteiger partial charge on any atom is 0.0982 e.